The van der Waals surface area contributed by atoms with Crippen LogP contribution >= 0.6 is 7.60 Å². The van der Waals surface area contributed by atoms with Crippen molar-refractivity contribution in [1.82, 2.24) is 0 Å². The van der Waals surface area contributed by atoms with Crippen LogP contribution in [0, 0.1) is 0 Å². The topological polar surface area (TPSA) is 57.5 Å². The molecule has 0 aliphatic carbocycles. The van der Waals surface area contributed by atoms with Crippen LogP contribution in [0.15, 0.2) is 0 Å². The summed E-state index contributed by atoms with van der Waals surface area (Å²) in [5, 5.41) is 0. The Hall–Kier alpha value is 0.590. The molecule has 0 spiro atoms. The summed E-state index contributed by atoms with van der Waals surface area (Å²) in [6.45, 7) is 4.17. The Bertz CT molecular complexity index is 256. The van der Waals surface area contributed by atoms with Gasteiger partial charge >= 0.3 is 7.60 Å². The van der Waals surface area contributed by atoms with Gasteiger partial charge in [-0.1, -0.05) is 32.6 Å². The van der Waals surface area contributed by atoms with Crippen LogP contribution in [0.5, 0.6) is 0 Å². The van der Waals surface area contributed by atoms with E-state index in [2.05, 4.69) is 21.0 Å². The molecule has 118 valence electrons. The van der Waals surface area contributed by atoms with Gasteiger partial charge < -0.3 is 31.3 Å². The summed E-state index contributed by atoms with van der Waals surface area (Å²) < 4.78 is 11.6. The van der Waals surface area contributed by atoms with Gasteiger partial charge in [0.05, 0.1) is 33.3 Å². The maximum atomic E-state index is 10.8. The van der Waals surface area contributed by atoms with Gasteiger partial charge in [0.25, 0.3) is 0 Å². The van der Waals surface area contributed by atoms with Gasteiger partial charge in [0.1, 0.15) is 0 Å². The summed E-state index contributed by atoms with van der Waals surface area (Å²) in [5.74, 6) is 0. The SMILES string of the molecule is CCCCCCCC[N+](C)(C)CCCP(=O)(O)O.[Br-]. The third-order valence-corrected chi connectivity index (χ3v) is 4.23. The fraction of sp³-hybridized carbons (Fsp3) is 1.00. The molecule has 0 aromatic carbocycles. The van der Waals surface area contributed by atoms with Crippen molar-refractivity contribution in [2.45, 2.75) is 51.9 Å². The molecule has 0 aliphatic heterocycles. The molecule has 2 N–H and O–H groups in total. The Morgan fingerprint density at radius 3 is 1.89 bits per heavy atom. The lowest BCUT2D eigenvalue weighted by Gasteiger charge is -2.30. The molecule has 0 heterocycles. The van der Waals surface area contributed by atoms with Gasteiger partial charge in [-0.05, 0) is 12.8 Å². The van der Waals surface area contributed by atoms with E-state index in [0.717, 1.165) is 17.6 Å². The molecule has 4 nitrogen and oxygen atoms in total. The minimum absolute atomic E-state index is 0. The van der Waals surface area contributed by atoms with E-state index in [1.165, 1.54) is 38.5 Å². The molecule has 0 atom stereocenters. The first kappa shape index (κ1) is 21.9. The number of nitrogens with zero attached hydrogens (tertiary/aromatic N) is 1. The number of quaternary nitrogens is 1. The third kappa shape index (κ3) is 16.5. The second kappa shape index (κ2) is 11.3. The second-order valence-corrected chi connectivity index (χ2v) is 7.67. The highest BCUT2D eigenvalue weighted by Crippen LogP contribution is 2.34. The predicted octanol–water partition coefficient (Wildman–Crippen LogP) is -0.00490. The van der Waals surface area contributed by atoms with Crippen LogP contribution in [0.3, 0.4) is 0 Å². The fourth-order valence-electron chi connectivity index (χ4n) is 2.14. The van der Waals surface area contributed by atoms with E-state index in [1.54, 1.807) is 0 Å². The van der Waals surface area contributed by atoms with Gasteiger partial charge in [-0.25, -0.2) is 0 Å². The molecule has 19 heavy (non-hydrogen) atoms. The zero-order valence-corrected chi connectivity index (χ0v) is 15.1. The summed E-state index contributed by atoms with van der Waals surface area (Å²) >= 11 is 0. The van der Waals surface area contributed by atoms with E-state index in [-0.39, 0.29) is 23.1 Å². The summed E-state index contributed by atoms with van der Waals surface area (Å²) in [7, 11) is 0.483. The van der Waals surface area contributed by atoms with Crippen molar-refractivity contribution in [1.29, 1.82) is 0 Å². The Morgan fingerprint density at radius 1 is 0.895 bits per heavy atom. The summed E-state index contributed by atoms with van der Waals surface area (Å²) in [6, 6.07) is 0. The first-order valence-electron chi connectivity index (χ1n) is 7.13. The average molecular weight is 360 g/mol. The number of rotatable bonds is 11. The van der Waals surface area contributed by atoms with E-state index >= 15 is 0 Å². The highest BCUT2D eigenvalue weighted by Gasteiger charge is 2.18. The average Bonchev–Trinajstić information content (AvgIpc) is 2.21. The normalized spacial score (nSPS) is 12.3. The van der Waals surface area contributed by atoms with E-state index in [9.17, 15) is 4.57 Å². The van der Waals surface area contributed by atoms with Crippen molar-refractivity contribution >= 4 is 7.60 Å². The highest BCUT2D eigenvalue weighted by molar-refractivity contribution is 7.51. The Kier molecular flexibility index (Phi) is 13.0. The molecule has 0 bridgehead atoms. The number of hydrogen-bond acceptors (Lipinski definition) is 1. The molecule has 0 rings (SSSR count). The standard InChI is InChI=1S/C13H30NO3P.BrH/c1-4-5-6-7-8-9-11-14(2,3)12-10-13-18(15,16)17;/h4-13H2,1-3H3,(H-,15,16,17);1H. The Balaban J connectivity index is 0. The lowest BCUT2D eigenvalue weighted by Crippen LogP contribution is -3.00. The molecular weight excluding hydrogens is 329 g/mol. The van der Waals surface area contributed by atoms with Crippen LogP contribution in [0.25, 0.3) is 0 Å². The number of halogens is 1. The number of unbranched alkanes of at least 4 members (excludes halogenated alkanes) is 5. The van der Waals surface area contributed by atoms with Gasteiger partial charge in [0.15, 0.2) is 0 Å². The lowest BCUT2D eigenvalue weighted by atomic mass is 10.1. The molecule has 0 saturated carbocycles. The van der Waals surface area contributed by atoms with E-state index in [4.69, 9.17) is 9.79 Å². The molecule has 0 unspecified atom stereocenters. The monoisotopic (exact) mass is 359 g/mol. The van der Waals surface area contributed by atoms with E-state index in [0.29, 0.717) is 6.42 Å². The zero-order chi connectivity index (χ0) is 14.1. The molecule has 6 heteroatoms. The smallest absolute Gasteiger partial charge is 0.325 e. The van der Waals surface area contributed by atoms with E-state index < -0.39 is 7.60 Å². The Morgan fingerprint density at radius 2 is 1.37 bits per heavy atom. The van der Waals surface area contributed by atoms with Crippen LogP contribution in [0.2, 0.25) is 0 Å². The molecule has 0 aromatic rings. The van der Waals surface area contributed by atoms with Crippen LogP contribution in [-0.2, 0) is 4.57 Å². The van der Waals surface area contributed by atoms with Gasteiger partial charge in [0, 0.05) is 6.42 Å². The summed E-state index contributed by atoms with van der Waals surface area (Å²) in [5.41, 5.74) is 0. The van der Waals surface area contributed by atoms with Gasteiger partial charge in [-0.2, -0.15) is 0 Å². The van der Waals surface area contributed by atoms with Gasteiger partial charge in [0.2, 0.25) is 0 Å². The molecule has 0 fully saturated rings. The Labute approximate surface area is 129 Å². The van der Waals surface area contributed by atoms with Crippen LogP contribution < -0.4 is 17.0 Å². The highest BCUT2D eigenvalue weighted by atomic mass is 79.9. The van der Waals surface area contributed by atoms with Crippen LogP contribution in [0.4, 0.5) is 0 Å². The zero-order valence-electron chi connectivity index (χ0n) is 12.6. The maximum absolute atomic E-state index is 10.8. The van der Waals surface area contributed by atoms with Gasteiger partial charge in [-0.15, -0.1) is 0 Å². The first-order valence-corrected chi connectivity index (χ1v) is 8.93. The minimum atomic E-state index is -3.81. The molecule has 0 aliphatic rings. The first-order chi connectivity index (χ1) is 8.27. The van der Waals surface area contributed by atoms with Crippen molar-refractivity contribution in [3.05, 3.63) is 0 Å². The quantitative estimate of drug-likeness (QED) is 0.310. The van der Waals surface area contributed by atoms with E-state index in [1.807, 2.05) is 0 Å². The van der Waals surface area contributed by atoms with Crippen molar-refractivity contribution < 1.29 is 35.8 Å². The lowest BCUT2D eigenvalue weighted by molar-refractivity contribution is -0.890. The molecule has 0 radical (unpaired) electrons. The van der Waals surface area contributed by atoms with Crippen molar-refractivity contribution in [2.75, 3.05) is 33.3 Å². The van der Waals surface area contributed by atoms with Crippen LogP contribution in [-0.4, -0.2) is 47.6 Å². The number of hydrogen-bond donors (Lipinski definition) is 2. The fourth-order valence-corrected chi connectivity index (χ4v) is 2.69. The van der Waals surface area contributed by atoms with Crippen molar-refractivity contribution in [3.63, 3.8) is 0 Å². The third-order valence-electron chi connectivity index (χ3n) is 3.33. The summed E-state index contributed by atoms with van der Waals surface area (Å²) in [6.07, 6.45) is 8.38. The minimum Gasteiger partial charge on any atom is -1.00 e. The second-order valence-electron chi connectivity index (χ2n) is 5.89. The molecular formula is C13H31BrNO3P. The predicted molar refractivity (Wildman–Crippen MR) is 76.7 cm³/mol. The summed E-state index contributed by atoms with van der Waals surface area (Å²) in [4.78, 5) is 17.6. The van der Waals surface area contributed by atoms with Crippen molar-refractivity contribution in [2.24, 2.45) is 0 Å². The van der Waals surface area contributed by atoms with Crippen LogP contribution in [0.1, 0.15) is 51.9 Å². The largest absolute Gasteiger partial charge is 1.00 e. The maximum Gasteiger partial charge on any atom is 0.325 e. The molecule has 0 amide bonds. The molecule has 0 aromatic heterocycles. The molecule has 0 saturated heterocycles. The van der Waals surface area contributed by atoms with Crippen molar-refractivity contribution in [3.8, 4) is 0 Å². The van der Waals surface area contributed by atoms with Gasteiger partial charge in [-0.3, -0.25) is 4.57 Å².